The Bertz CT molecular complexity index is 2450. The SMILES string of the molecule is CC(C)(C)c1cc(-c2cc(-c3ccccc3)ccn2)[c-]c(-c2cccc3c2nc(-c2cc4c(cc2O)C(C)(C)CCC4(C)C)n3-c2ccccc2)c1.[Pt]. The van der Waals surface area contributed by atoms with Gasteiger partial charge in [0.15, 0.2) is 0 Å². The van der Waals surface area contributed by atoms with Crippen molar-refractivity contribution in [3.8, 4) is 56.3 Å². The fraction of sp³-hybridized carbons (Fsp3) is 0.250. The van der Waals surface area contributed by atoms with E-state index in [1.54, 1.807) is 0 Å². The molecule has 0 amide bonds. The van der Waals surface area contributed by atoms with E-state index in [0.29, 0.717) is 0 Å². The van der Waals surface area contributed by atoms with Gasteiger partial charge < -0.3 is 5.11 Å². The van der Waals surface area contributed by atoms with Crippen molar-refractivity contribution in [3.05, 3.63) is 144 Å². The normalized spacial score (nSPS) is 14.8. The number of benzene rings is 5. The number of hydrogen-bond donors (Lipinski definition) is 1. The quantitative estimate of drug-likeness (QED) is 0.175. The third-order valence-electron chi connectivity index (χ3n) is 11.1. The van der Waals surface area contributed by atoms with Gasteiger partial charge in [-0.1, -0.05) is 126 Å². The molecule has 7 aromatic rings. The Hall–Kier alpha value is -4.79. The summed E-state index contributed by atoms with van der Waals surface area (Å²) in [5.74, 6) is 0.976. The zero-order chi connectivity index (χ0) is 36.4. The molecular formula is C48H46N3OPt-. The number of fused-ring (bicyclic) bond motifs is 2. The largest absolute Gasteiger partial charge is 0.507 e. The van der Waals surface area contributed by atoms with E-state index in [9.17, 15) is 5.11 Å². The smallest absolute Gasteiger partial charge is 0.148 e. The number of rotatable bonds is 5. The number of nitrogens with zero attached hydrogens (tertiary/aromatic N) is 3. The van der Waals surface area contributed by atoms with Crippen LogP contribution in [-0.4, -0.2) is 19.6 Å². The fourth-order valence-electron chi connectivity index (χ4n) is 7.79. The average molecular weight is 876 g/mol. The summed E-state index contributed by atoms with van der Waals surface area (Å²) in [6.45, 7) is 15.9. The Morgan fingerprint density at radius 3 is 2.00 bits per heavy atom. The minimum atomic E-state index is -0.117. The van der Waals surface area contributed by atoms with Crippen molar-refractivity contribution in [2.75, 3.05) is 0 Å². The van der Waals surface area contributed by atoms with Crippen LogP contribution in [0.5, 0.6) is 5.75 Å². The van der Waals surface area contributed by atoms with E-state index in [2.05, 4.69) is 156 Å². The summed E-state index contributed by atoms with van der Waals surface area (Å²) < 4.78 is 2.20. The number of pyridine rings is 1. The van der Waals surface area contributed by atoms with Gasteiger partial charge in [-0.25, -0.2) is 4.98 Å². The second-order valence-electron chi connectivity index (χ2n) is 16.7. The van der Waals surface area contributed by atoms with Crippen molar-refractivity contribution >= 4 is 11.0 Å². The van der Waals surface area contributed by atoms with Gasteiger partial charge in [-0.2, -0.15) is 0 Å². The van der Waals surface area contributed by atoms with E-state index in [4.69, 9.17) is 9.97 Å². The summed E-state index contributed by atoms with van der Waals surface area (Å²) in [5.41, 5.74) is 13.1. The third kappa shape index (κ3) is 6.68. The molecule has 1 aliphatic rings. The Kier molecular flexibility index (Phi) is 9.36. The van der Waals surface area contributed by atoms with Crippen molar-refractivity contribution in [2.45, 2.75) is 77.6 Å². The van der Waals surface area contributed by atoms with Crippen LogP contribution in [0.4, 0.5) is 0 Å². The van der Waals surface area contributed by atoms with Crippen LogP contribution >= 0.6 is 0 Å². The Morgan fingerprint density at radius 1 is 0.679 bits per heavy atom. The number of imidazole rings is 1. The molecule has 1 aliphatic carbocycles. The van der Waals surface area contributed by atoms with Crippen LogP contribution < -0.4 is 0 Å². The number of para-hydroxylation sites is 2. The van der Waals surface area contributed by atoms with Crippen LogP contribution in [0.2, 0.25) is 0 Å². The van der Waals surface area contributed by atoms with E-state index in [0.717, 1.165) is 74.5 Å². The predicted octanol–water partition coefficient (Wildman–Crippen LogP) is 12.2. The van der Waals surface area contributed by atoms with Gasteiger partial charge in [-0.15, -0.1) is 29.3 Å². The van der Waals surface area contributed by atoms with E-state index >= 15 is 0 Å². The van der Waals surface area contributed by atoms with Gasteiger partial charge in [-0.3, -0.25) is 9.55 Å². The molecule has 0 atom stereocenters. The first-order valence-electron chi connectivity index (χ1n) is 18.4. The second-order valence-corrected chi connectivity index (χ2v) is 16.7. The van der Waals surface area contributed by atoms with Crippen molar-refractivity contribution in [3.63, 3.8) is 0 Å². The van der Waals surface area contributed by atoms with Crippen molar-refractivity contribution in [1.29, 1.82) is 0 Å². The minimum Gasteiger partial charge on any atom is -0.507 e. The Morgan fingerprint density at radius 2 is 1.32 bits per heavy atom. The zero-order valence-corrected chi connectivity index (χ0v) is 33.8. The summed E-state index contributed by atoms with van der Waals surface area (Å²) in [6.07, 6.45) is 4.05. The predicted molar refractivity (Wildman–Crippen MR) is 215 cm³/mol. The maximum atomic E-state index is 11.8. The first-order valence-corrected chi connectivity index (χ1v) is 18.4. The summed E-state index contributed by atoms with van der Waals surface area (Å²) in [5, 5.41) is 11.8. The van der Waals surface area contributed by atoms with Crippen LogP contribution in [0, 0.1) is 6.07 Å². The summed E-state index contributed by atoms with van der Waals surface area (Å²) in [6, 6.07) is 43.8. The van der Waals surface area contributed by atoms with Gasteiger partial charge in [0.05, 0.1) is 16.6 Å². The molecule has 270 valence electrons. The van der Waals surface area contributed by atoms with Gasteiger partial charge >= 0.3 is 0 Å². The van der Waals surface area contributed by atoms with Crippen molar-refractivity contribution < 1.29 is 26.2 Å². The maximum Gasteiger partial charge on any atom is 0.148 e. The van der Waals surface area contributed by atoms with Crippen LogP contribution in [0.25, 0.3) is 61.6 Å². The Balaban J connectivity index is 0.00000435. The van der Waals surface area contributed by atoms with Crippen molar-refractivity contribution in [2.24, 2.45) is 0 Å². The van der Waals surface area contributed by atoms with E-state index in [1.807, 2.05) is 24.4 Å². The maximum absolute atomic E-state index is 11.8. The molecule has 0 saturated heterocycles. The van der Waals surface area contributed by atoms with Gasteiger partial charge in [0.1, 0.15) is 11.6 Å². The molecule has 5 aromatic carbocycles. The average Bonchev–Trinajstić information content (AvgIpc) is 3.53. The number of aromatic hydroxyl groups is 1. The van der Waals surface area contributed by atoms with Crippen LogP contribution in [-0.2, 0) is 37.3 Å². The molecule has 53 heavy (non-hydrogen) atoms. The van der Waals surface area contributed by atoms with Crippen LogP contribution in [0.3, 0.4) is 0 Å². The molecule has 0 bridgehead atoms. The molecular weight excluding hydrogens is 830 g/mol. The van der Waals surface area contributed by atoms with Gasteiger partial charge in [0, 0.05) is 38.6 Å². The van der Waals surface area contributed by atoms with Gasteiger partial charge in [-0.05, 0) is 87.7 Å². The fourth-order valence-corrected chi connectivity index (χ4v) is 7.79. The molecule has 0 saturated carbocycles. The standard InChI is InChI=1S/C48H46N3O.Pt/c1-46(2,3)35-26-33(25-34(27-35)41-28-32(21-24-49-41)31-15-10-8-11-16-31)37-19-14-20-42-44(37)50-45(51(42)36-17-12-9-13-18-36)38-29-39-40(30-43(38)52)48(6,7)23-22-47(39,4)5;/h8-21,24,26-30,52H,22-23H2,1-7H3;/q-1;. The molecule has 8 rings (SSSR count). The number of phenols is 1. The minimum absolute atomic E-state index is 0. The second kappa shape index (κ2) is 13.6. The Labute approximate surface area is 328 Å². The number of hydrogen-bond acceptors (Lipinski definition) is 3. The van der Waals surface area contributed by atoms with E-state index in [1.165, 1.54) is 16.7 Å². The molecule has 1 N–H and O–H groups in total. The molecule has 0 radical (unpaired) electrons. The van der Waals surface area contributed by atoms with Gasteiger partial charge in [0.25, 0.3) is 0 Å². The number of aromatic nitrogens is 3. The molecule has 5 heteroatoms. The molecule has 0 unspecified atom stereocenters. The molecule has 2 aromatic heterocycles. The molecule has 2 heterocycles. The summed E-state index contributed by atoms with van der Waals surface area (Å²) in [7, 11) is 0. The zero-order valence-electron chi connectivity index (χ0n) is 31.6. The van der Waals surface area contributed by atoms with Gasteiger partial charge in [0.2, 0.25) is 0 Å². The molecule has 0 fully saturated rings. The third-order valence-corrected chi connectivity index (χ3v) is 11.1. The van der Waals surface area contributed by atoms with Crippen LogP contribution in [0.15, 0.2) is 121 Å². The van der Waals surface area contributed by atoms with Crippen LogP contribution in [0.1, 0.15) is 78.0 Å². The van der Waals surface area contributed by atoms with Crippen molar-refractivity contribution in [1.82, 2.24) is 14.5 Å². The molecule has 0 spiro atoms. The van der Waals surface area contributed by atoms with E-state index < -0.39 is 0 Å². The first kappa shape index (κ1) is 36.6. The van der Waals surface area contributed by atoms with E-state index in [-0.39, 0.29) is 43.1 Å². The monoisotopic (exact) mass is 875 g/mol. The summed E-state index contributed by atoms with van der Waals surface area (Å²) >= 11 is 0. The topological polar surface area (TPSA) is 50.9 Å². The molecule has 4 nitrogen and oxygen atoms in total. The molecule has 0 aliphatic heterocycles. The number of phenolic OH excluding ortho intramolecular Hbond substituents is 1. The summed E-state index contributed by atoms with van der Waals surface area (Å²) in [4.78, 5) is 10.3. The first-order chi connectivity index (χ1) is 24.8.